The number of likely N-dealkylation sites (tertiary alicyclic amines) is 1. The Balaban J connectivity index is 3.17. The Morgan fingerprint density at radius 3 is 1.96 bits per heavy atom. The van der Waals surface area contributed by atoms with Gasteiger partial charge in [-0.3, -0.25) is 38.4 Å². The van der Waals surface area contributed by atoms with Crippen molar-refractivity contribution in [2.45, 2.75) is 102 Å². The van der Waals surface area contributed by atoms with Gasteiger partial charge in [0, 0.05) is 13.0 Å². The van der Waals surface area contributed by atoms with Crippen LogP contribution in [0.2, 0.25) is 0 Å². The van der Waals surface area contributed by atoms with Crippen molar-refractivity contribution < 1.29 is 58.1 Å². The van der Waals surface area contributed by atoms with Crippen LogP contribution in [0.1, 0.15) is 66.2 Å². The fourth-order valence-electron chi connectivity index (χ4n) is 5.03. The predicted molar refractivity (Wildman–Crippen MR) is 171 cm³/mol. The molecule has 0 aliphatic carbocycles. The van der Waals surface area contributed by atoms with E-state index in [0.717, 1.165) is 7.11 Å². The summed E-state index contributed by atoms with van der Waals surface area (Å²) >= 11 is 0. The SMILES string of the molecule is C=CC[C@@H](NC(=O)[C@@H]1CCCN1C(=O)[C@@H](NC(=O)[C@@H](NC(=O)[C@H](CCC(=O)O)NC(=O)[C@@H](N)CC(=O)O)C(C)C)C(C)C)C(=O)C(=O)OC. The van der Waals surface area contributed by atoms with E-state index in [-0.39, 0.29) is 19.4 Å². The molecular formula is C31H48N6O12. The van der Waals surface area contributed by atoms with E-state index < -0.39 is 121 Å². The largest absolute Gasteiger partial charge is 0.481 e. The van der Waals surface area contributed by atoms with E-state index in [2.05, 4.69) is 32.6 Å². The minimum atomic E-state index is -1.53. The van der Waals surface area contributed by atoms with Crippen LogP contribution in [0.25, 0.3) is 0 Å². The van der Waals surface area contributed by atoms with Gasteiger partial charge in [-0.2, -0.15) is 0 Å². The molecule has 1 fully saturated rings. The number of nitrogens with one attached hydrogen (secondary N) is 4. The number of methoxy groups -OCH3 is 1. The molecule has 0 bridgehead atoms. The fourth-order valence-corrected chi connectivity index (χ4v) is 5.03. The number of nitrogens with two attached hydrogens (primary N) is 1. The van der Waals surface area contributed by atoms with Crippen molar-refractivity contribution in [3.05, 3.63) is 12.7 Å². The molecule has 1 rings (SSSR count). The Kier molecular flexibility index (Phi) is 17.1. The molecule has 1 aliphatic rings. The van der Waals surface area contributed by atoms with Crippen molar-refractivity contribution >= 4 is 53.2 Å². The van der Waals surface area contributed by atoms with Crippen molar-refractivity contribution in [1.29, 1.82) is 0 Å². The lowest BCUT2D eigenvalue weighted by Crippen LogP contribution is -2.61. The van der Waals surface area contributed by atoms with E-state index >= 15 is 0 Å². The van der Waals surface area contributed by atoms with Crippen LogP contribution in [0.4, 0.5) is 0 Å². The number of esters is 1. The molecule has 8 N–H and O–H groups in total. The van der Waals surface area contributed by atoms with E-state index in [1.807, 2.05) is 0 Å². The summed E-state index contributed by atoms with van der Waals surface area (Å²) in [5.41, 5.74) is 5.58. The highest BCUT2D eigenvalue weighted by Crippen LogP contribution is 2.21. The van der Waals surface area contributed by atoms with Crippen molar-refractivity contribution in [1.82, 2.24) is 26.2 Å². The second-order valence-electron chi connectivity index (χ2n) is 12.3. The number of carboxylic acid groups (broad SMARTS) is 2. The number of hydrogen-bond acceptors (Lipinski definition) is 11. The van der Waals surface area contributed by atoms with Crippen LogP contribution < -0.4 is 27.0 Å². The summed E-state index contributed by atoms with van der Waals surface area (Å²) < 4.78 is 4.46. The number of ether oxygens (including phenoxy) is 1. The van der Waals surface area contributed by atoms with Crippen molar-refractivity contribution in [3.63, 3.8) is 0 Å². The van der Waals surface area contributed by atoms with Crippen LogP contribution in [0.3, 0.4) is 0 Å². The van der Waals surface area contributed by atoms with E-state index in [1.165, 1.54) is 11.0 Å². The molecule has 0 aromatic carbocycles. The van der Waals surface area contributed by atoms with E-state index in [0.29, 0.717) is 6.42 Å². The van der Waals surface area contributed by atoms with Gasteiger partial charge >= 0.3 is 17.9 Å². The first-order chi connectivity index (χ1) is 22.9. The van der Waals surface area contributed by atoms with Crippen molar-refractivity contribution in [3.8, 4) is 0 Å². The summed E-state index contributed by atoms with van der Waals surface area (Å²) in [6, 6.07) is -7.74. The third kappa shape index (κ3) is 12.9. The Labute approximate surface area is 283 Å². The average molecular weight is 697 g/mol. The molecule has 1 saturated heterocycles. The molecule has 1 heterocycles. The number of Topliss-reactive ketones (excluding diaryl/α,β-unsaturated/α-hetero) is 1. The van der Waals surface area contributed by atoms with Gasteiger partial charge in [0.05, 0.1) is 19.6 Å². The van der Waals surface area contributed by atoms with Crippen LogP contribution in [-0.2, 0) is 47.9 Å². The summed E-state index contributed by atoms with van der Waals surface area (Å²) in [5.74, 6) is -9.90. The second kappa shape index (κ2) is 19.8. The minimum Gasteiger partial charge on any atom is -0.481 e. The van der Waals surface area contributed by atoms with Gasteiger partial charge in [-0.15, -0.1) is 6.58 Å². The topological polar surface area (TPSA) is 281 Å². The zero-order valence-electron chi connectivity index (χ0n) is 28.4. The molecular weight excluding hydrogens is 648 g/mol. The lowest BCUT2D eigenvalue weighted by atomic mass is 9.98. The summed E-state index contributed by atoms with van der Waals surface area (Å²) in [6.45, 7) is 10.2. The highest BCUT2D eigenvalue weighted by atomic mass is 16.5. The molecule has 0 radical (unpaired) electrons. The molecule has 0 aromatic rings. The maximum Gasteiger partial charge on any atom is 0.376 e. The van der Waals surface area contributed by atoms with Gasteiger partial charge < -0.3 is 46.9 Å². The van der Waals surface area contributed by atoms with Gasteiger partial charge in [0.2, 0.25) is 29.5 Å². The van der Waals surface area contributed by atoms with E-state index in [1.54, 1.807) is 27.7 Å². The summed E-state index contributed by atoms with van der Waals surface area (Å²) in [6.07, 6.45) is 0.255. The smallest absolute Gasteiger partial charge is 0.376 e. The summed E-state index contributed by atoms with van der Waals surface area (Å²) in [4.78, 5) is 114. The maximum atomic E-state index is 13.8. The number of amides is 5. The van der Waals surface area contributed by atoms with Crippen molar-refractivity contribution in [2.24, 2.45) is 17.6 Å². The third-order valence-electron chi connectivity index (χ3n) is 7.75. The molecule has 5 amide bonds. The number of carboxylic acids is 2. The third-order valence-corrected chi connectivity index (χ3v) is 7.75. The van der Waals surface area contributed by atoms with Crippen LogP contribution in [-0.4, -0.2) is 118 Å². The Morgan fingerprint density at radius 1 is 0.857 bits per heavy atom. The monoisotopic (exact) mass is 696 g/mol. The first-order valence-corrected chi connectivity index (χ1v) is 15.8. The molecule has 274 valence electrons. The Bertz CT molecular complexity index is 1290. The normalized spacial score (nSPS) is 17.1. The van der Waals surface area contributed by atoms with Crippen LogP contribution >= 0.6 is 0 Å². The van der Waals surface area contributed by atoms with Gasteiger partial charge in [-0.05, 0) is 37.5 Å². The van der Waals surface area contributed by atoms with Crippen LogP contribution in [0, 0.1) is 11.8 Å². The lowest BCUT2D eigenvalue weighted by molar-refractivity contribution is -0.153. The first kappa shape index (κ1) is 42.2. The number of carbonyl (C=O) groups is 9. The summed E-state index contributed by atoms with van der Waals surface area (Å²) in [5, 5.41) is 27.9. The Hall–Kier alpha value is -4.87. The molecule has 0 unspecified atom stereocenters. The number of hydrogen-bond donors (Lipinski definition) is 7. The average Bonchev–Trinajstić information content (AvgIpc) is 3.52. The quantitative estimate of drug-likeness (QED) is 0.0421. The number of rotatable bonds is 20. The number of aliphatic carboxylic acids is 2. The maximum absolute atomic E-state index is 13.8. The van der Waals surface area contributed by atoms with Crippen molar-refractivity contribution in [2.75, 3.05) is 13.7 Å². The van der Waals surface area contributed by atoms with Gasteiger partial charge in [-0.25, -0.2) is 4.79 Å². The lowest BCUT2D eigenvalue weighted by Gasteiger charge is -2.32. The molecule has 0 aromatic heterocycles. The molecule has 1 aliphatic heterocycles. The van der Waals surface area contributed by atoms with Gasteiger partial charge in [0.1, 0.15) is 30.2 Å². The zero-order chi connectivity index (χ0) is 37.6. The standard InChI is InChI=1S/C31H48N6O12/c1-7-9-18(25(42)31(48)49-6)33-28(45)20-10-8-13-37(20)30(47)24(16(4)5)36-29(46)23(15(2)3)35-27(44)19(11-12-21(38)39)34-26(43)17(32)14-22(40)41/h7,15-20,23-24H,1,8-14,32H2,2-6H3,(H,33,45)(H,34,43)(H,35,44)(H,36,46)(H,38,39)(H,40,41)/t17-,18+,19-,20-,23-,24-/m0/s1. The predicted octanol–water partition coefficient (Wildman–Crippen LogP) is -1.79. The summed E-state index contributed by atoms with van der Waals surface area (Å²) in [7, 11) is 1.02. The highest BCUT2D eigenvalue weighted by molar-refractivity contribution is 6.36. The molecule has 18 heteroatoms. The first-order valence-electron chi connectivity index (χ1n) is 15.8. The molecule has 0 spiro atoms. The van der Waals surface area contributed by atoms with E-state index in [9.17, 15) is 43.2 Å². The molecule has 0 saturated carbocycles. The van der Waals surface area contributed by atoms with Gasteiger partial charge in [-0.1, -0.05) is 33.8 Å². The van der Waals surface area contributed by atoms with Gasteiger partial charge in [0.15, 0.2) is 0 Å². The number of nitrogens with zero attached hydrogens (tertiary/aromatic N) is 1. The van der Waals surface area contributed by atoms with Gasteiger partial charge in [0.25, 0.3) is 5.78 Å². The van der Waals surface area contributed by atoms with E-state index in [4.69, 9.17) is 15.9 Å². The van der Waals surface area contributed by atoms with Crippen LogP contribution in [0.15, 0.2) is 12.7 Å². The highest BCUT2D eigenvalue weighted by Gasteiger charge is 2.41. The Morgan fingerprint density at radius 2 is 1.45 bits per heavy atom. The molecule has 49 heavy (non-hydrogen) atoms. The number of ketones is 1. The van der Waals surface area contributed by atoms with Crippen LogP contribution in [0.5, 0.6) is 0 Å². The fraction of sp³-hybridized carbons (Fsp3) is 0.645. The zero-order valence-corrected chi connectivity index (χ0v) is 28.4. The molecule has 18 nitrogen and oxygen atoms in total. The molecule has 6 atom stereocenters. The number of carbonyl (C=O) groups excluding carboxylic acids is 7. The second-order valence-corrected chi connectivity index (χ2v) is 12.3. The minimum absolute atomic E-state index is 0.0662.